The van der Waals surface area contributed by atoms with E-state index in [9.17, 15) is 14.7 Å². The van der Waals surface area contributed by atoms with Gasteiger partial charge in [-0.3, -0.25) is 14.5 Å². The molecular formula is C30H28N2O5. The van der Waals surface area contributed by atoms with Crippen molar-refractivity contribution in [2.75, 3.05) is 18.6 Å². The molecule has 0 spiro atoms. The Morgan fingerprint density at radius 2 is 1.76 bits per heavy atom. The molecule has 1 aliphatic heterocycles. The number of aromatic amines is 1. The summed E-state index contributed by atoms with van der Waals surface area (Å²) in [6.07, 6.45) is 2.50. The van der Waals surface area contributed by atoms with Gasteiger partial charge in [-0.1, -0.05) is 43.3 Å². The molecule has 2 N–H and O–H groups in total. The van der Waals surface area contributed by atoms with E-state index in [1.54, 1.807) is 31.5 Å². The Balaban J connectivity index is 1.74. The molecule has 0 bridgehead atoms. The van der Waals surface area contributed by atoms with Gasteiger partial charge in [0.1, 0.15) is 5.76 Å². The first-order valence-electron chi connectivity index (χ1n) is 12.3. The number of ether oxygens (including phenoxy) is 2. The summed E-state index contributed by atoms with van der Waals surface area (Å²) in [4.78, 5) is 31.6. The number of nitrogens with zero attached hydrogens (tertiary/aromatic N) is 1. The summed E-state index contributed by atoms with van der Waals surface area (Å²) in [5, 5.41) is 12.3. The minimum atomic E-state index is -0.869. The number of Topliss-reactive ketones (excluding diaryl/α,β-unsaturated/α-hetero) is 1. The van der Waals surface area contributed by atoms with Crippen LogP contribution in [0.5, 0.6) is 11.5 Å². The van der Waals surface area contributed by atoms with Gasteiger partial charge in [0.05, 0.1) is 25.3 Å². The first kappa shape index (κ1) is 24.2. The molecule has 0 saturated carbocycles. The van der Waals surface area contributed by atoms with Crippen LogP contribution >= 0.6 is 0 Å². The number of carbonyl (C=O) groups is 2. The van der Waals surface area contributed by atoms with Gasteiger partial charge in [0.15, 0.2) is 11.5 Å². The molecule has 1 saturated heterocycles. The van der Waals surface area contributed by atoms with E-state index in [1.165, 1.54) is 4.90 Å². The number of carbonyl (C=O) groups excluding carboxylic acids is 2. The van der Waals surface area contributed by atoms with Crippen molar-refractivity contribution in [1.29, 1.82) is 0 Å². The van der Waals surface area contributed by atoms with Crippen LogP contribution in [0.25, 0.3) is 16.7 Å². The van der Waals surface area contributed by atoms with Crippen LogP contribution in [-0.2, 0) is 16.0 Å². The lowest BCUT2D eigenvalue weighted by Crippen LogP contribution is -2.29. The van der Waals surface area contributed by atoms with Crippen LogP contribution in [0.15, 0.2) is 78.5 Å². The number of rotatable bonds is 7. The Bertz CT molecular complexity index is 1520. The maximum absolute atomic E-state index is 13.5. The second kappa shape index (κ2) is 9.85. The quantitative estimate of drug-likeness (QED) is 0.193. The molecule has 1 unspecified atom stereocenters. The number of aliphatic hydroxyl groups is 1. The van der Waals surface area contributed by atoms with Gasteiger partial charge in [-0.25, -0.2) is 0 Å². The van der Waals surface area contributed by atoms with Gasteiger partial charge in [0.2, 0.25) is 0 Å². The number of benzene rings is 3. The van der Waals surface area contributed by atoms with Crippen molar-refractivity contribution in [2.24, 2.45) is 0 Å². The normalized spacial score (nSPS) is 16.9. The number of hydrogen-bond acceptors (Lipinski definition) is 5. The third-order valence-corrected chi connectivity index (χ3v) is 6.71. The predicted molar refractivity (Wildman–Crippen MR) is 143 cm³/mol. The van der Waals surface area contributed by atoms with Crippen molar-refractivity contribution < 1.29 is 24.2 Å². The van der Waals surface area contributed by atoms with Crippen LogP contribution in [0.1, 0.15) is 36.6 Å². The lowest BCUT2D eigenvalue weighted by Gasteiger charge is -2.26. The maximum atomic E-state index is 13.5. The van der Waals surface area contributed by atoms with Crippen molar-refractivity contribution in [3.8, 4) is 11.5 Å². The van der Waals surface area contributed by atoms with Gasteiger partial charge in [-0.2, -0.15) is 0 Å². The second-order valence-corrected chi connectivity index (χ2v) is 8.78. The molecule has 1 amide bonds. The fourth-order valence-electron chi connectivity index (χ4n) is 4.85. The SMILES string of the molecule is CCOc1cc(C2/C(=C(/O)c3c[nH]c4ccccc34)C(=O)C(=O)N2c2ccc(CC)cc2)ccc1OC. The number of nitrogens with one attached hydrogen (secondary N) is 1. The summed E-state index contributed by atoms with van der Waals surface area (Å²) >= 11 is 0. The third-order valence-electron chi connectivity index (χ3n) is 6.71. The highest BCUT2D eigenvalue weighted by molar-refractivity contribution is 6.51. The highest BCUT2D eigenvalue weighted by Gasteiger charge is 2.47. The summed E-state index contributed by atoms with van der Waals surface area (Å²) in [5.41, 5.74) is 3.58. The van der Waals surface area contributed by atoms with Crippen LogP contribution in [0, 0.1) is 0 Å². The van der Waals surface area contributed by atoms with E-state index in [-0.39, 0.29) is 11.3 Å². The van der Waals surface area contributed by atoms with E-state index in [4.69, 9.17) is 9.47 Å². The number of aromatic nitrogens is 1. The molecule has 37 heavy (non-hydrogen) atoms. The number of anilines is 1. The van der Waals surface area contributed by atoms with Crippen molar-refractivity contribution >= 4 is 34.0 Å². The second-order valence-electron chi connectivity index (χ2n) is 8.78. The van der Waals surface area contributed by atoms with Gasteiger partial charge in [0, 0.05) is 28.4 Å². The van der Waals surface area contributed by atoms with E-state index in [2.05, 4.69) is 11.9 Å². The minimum Gasteiger partial charge on any atom is -0.507 e. The molecule has 1 aromatic heterocycles. The Labute approximate surface area is 214 Å². The Morgan fingerprint density at radius 3 is 2.46 bits per heavy atom. The van der Waals surface area contributed by atoms with Crippen molar-refractivity contribution in [2.45, 2.75) is 26.3 Å². The number of hydrogen-bond donors (Lipinski definition) is 2. The monoisotopic (exact) mass is 496 g/mol. The van der Waals surface area contributed by atoms with Crippen molar-refractivity contribution in [3.05, 3.63) is 95.2 Å². The van der Waals surface area contributed by atoms with Gasteiger partial charge in [-0.15, -0.1) is 0 Å². The summed E-state index contributed by atoms with van der Waals surface area (Å²) in [5.74, 6) is -0.666. The zero-order chi connectivity index (χ0) is 26.1. The predicted octanol–water partition coefficient (Wildman–Crippen LogP) is 5.76. The molecule has 0 radical (unpaired) electrons. The largest absolute Gasteiger partial charge is 0.507 e. The Morgan fingerprint density at radius 1 is 1.00 bits per heavy atom. The van der Waals surface area contributed by atoms with Crippen molar-refractivity contribution in [3.63, 3.8) is 0 Å². The third kappa shape index (κ3) is 4.12. The Hall–Kier alpha value is -4.52. The van der Waals surface area contributed by atoms with Crippen molar-refractivity contribution in [1.82, 2.24) is 4.98 Å². The first-order chi connectivity index (χ1) is 18.0. The van der Waals surface area contributed by atoms with E-state index < -0.39 is 17.7 Å². The molecular weight excluding hydrogens is 468 g/mol. The maximum Gasteiger partial charge on any atom is 0.300 e. The summed E-state index contributed by atoms with van der Waals surface area (Å²) in [6.45, 7) is 4.33. The fourth-order valence-corrected chi connectivity index (χ4v) is 4.85. The molecule has 0 aliphatic carbocycles. The highest BCUT2D eigenvalue weighted by atomic mass is 16.5. The molecule has 4 aromatic rings. The van der Waals surface area contributed by atoms with Gasteiger partial charge < -0.3 is 19.6 Å². The summed E-state index contributed by atoms with van der Waals surface area (Å²) in [6, 6.07) is 19.4. The standard InChI is InChI=1S/C30H28N2O5/c1-4-18-10-13-20(14-11-18)32-27(19-12-15-24(36-3)25(16-19)37-5-2)26(29(34)30(32)35)28(33)22-17-31-23-9-7-6-8-21(22)23/h6-17,27,31,33H,4-5H2,1-3H3/b28-26-. The topological polar surface area (TPSA) is 91.9 Å². The van der Waals surface area contributed by atoms with E-state index >= 15 is 0 Å². The van der Waals surface area contributed by atoms with E-state index in [1.807, 2.05) is 55.5 Å². The minimum absolute atomic E-state index is 0.0157. The lowest BCUT2D eigenvalue weighted by molar-refractivity contribution is -0.132. The number of methoxy groups -OCH3 is 1. The number of para-hydroxylation sites is 1. The summed E-state index contributed by atoms with van der Waals surface area (Å²) < 4.78 is 11.2. The molecule has 7 heteroatoms. The molecule has 2 heterocycles. The zero-order valence-electron chi connectivity index (χ0n) is 20.9. The molecule has 5 rings (SSSR count). The zero-order valence-corrected chi connectivity index (χ0v) is 20.9. The average molecular weight is 497 g/mol. The van der Waals surface area contributed by atoms with Crippen LogP contribution in [0.3, 0.4) is 0 Å². The number of amides is 1. The fraction of sp³-hybridized carbons (Fsp3) is 0.200. The van der Waals surface area contributed by atoms with Gasteiger partial charge in [0.25, 0.3) is 11.7 Å². The molecule has 1 fully saturated rings. The molecule has 188 valence electrons. The van der Waals surface area contributed by atoms with Crippen LogP contribution in [-0.4, -0.2) is 35.5 Å². The van der Waals surface area contributed by atoms with Crippen LogP contribution < -0.4 is 14.4 Å². The Kier molecular flexibility index (Phi) is 6.44. The summed E-state index contributed by atoms with van der Waals surface area (Å²) in [7, 11) is 1.55. The number of fused-ring (bicyclic) bond motifs is 1. The smallest absolute Gasteiger partial charge is 0.300 e. The van der Waals surface area contributed by atoms with Crippen LogP contribution in [0.4, 0.5) is 5.69 Å². The molecule has 1 aliphatic rings. The highest BCUT2D eigenvalue weighted by Crippen LogP contribution is 2.44. The number of ketones is 1. The average Bonchev–Trinajstić information content (AvgIpc) is 3.47. The van der Waals surface area contributed by atoms with Gasteiger partial charge >= 0.3 is 0 Å². The van der Waals surface area contributed by atoms with Crippen LogP contribution in [0.2, 0.25) is 0 Å². The van der Waals surface area contributed by atoms with Gasteiger partial charge in [-0.05, 0) is 54.8 Å². The first-order valence-corrected chi connectivity index (χ1v) is 12.3. The molecule has 3 aromatic carbocycles. The number of aryl methyl sites for hydroxylation is 1. The molecule has 1 atom stereocenters. The number of H-pyrrole nitrogens is 1. The van der Waals surface area contributed by atoms with E-state index in [0.29, 0.717) is 34.9 Å². The number of aliphatic hydroxyl groups excluding tert-OH is 1. The van der Waals surface area contributed by atoms with E-state index in [0.717, 1.165) is 22.9 Å². The lowest BCUT2D eigenvalue weighted by atomic mass is 9.94. The molecule has 7 nitrogen and oxygen atoms in total.